The number of carbonyl (C=O) groups is 2. The van der Waals surface area contributed by atoms with Crippen molar-refractivity contribution in [1.29, 1.82) is 0 Å². The number of methoxy groups -OCH3 is 1. The number of furan rings is 1. The van der Waals surface area contributed by atoms with Crippen LogP contribution in [-0.2, 0) is 14.3 Å². The van der Waals surface area contributed by atoms with E-state index in [4.69, 9.17) is 4.42 Å². The number of halogens is 1. The van der Waals surface area contributed by atoms with E-state index in [0.717, 1.165) is 27.7 Å². The third-order valence-electron chi connectivity index (χ3n) is 5.32. The molecule has 1 heterocycles. The number of para-hydroxylation sites is 1. The molecule has 5 nitrogen and oxygen atoms in total. The summed E-state index contributed by atoms with van der Waals surface area (Å²) in [5.74, 6) is -0.626. The molecule has 0 saturated heterocycles. The Kier molecular flexibility index (Phi) is 7.26. The molecule has 0 aliphatic heterocycles. The van der Waals surface area contributed by atoms with Crippen molar-refractivity contribution in [2.45, 2.75) is 45.6 Å². The Morgan fingerprint density at radius 3 is 2.62 bits per heavy atom. The first kappa shape index (κ1) is 23.4. The lowest BCUT2D eigenvalue weighted by Gasteiger charge is -2.06. The fourth-order valence-electron chi connectivity index (χ4n) is 3.63. The van der Waals surface area contributed by atoms with Crippen LogP contribution in [0.5, 0.6) is 0 Å². The fourth-order valence-corrected chi connectivity index (χ4v) is 3.63. The lowest BCUT2D eigenvalue weighted by atomic mass is 9.96. The number of benzene rings is 2. The number of fused-ring (bicyclic) bond motifs is 1. The molecule has 1 N–H and O–H groups in total. The van der Waals surface area contributed by atoms with Crippen molar-refractivity contribution in [3.63, 3.8) is 0 Å². The van der Waals surface area contributed by atoms with Gasteiger partial charge in [-0.2, -0.15) is 0 Å². The van der Waals surface area contributed by atoms with E-state index >= 15 is 0 Å². The van der Waals surface area contributed by atoms with Crippen LogP contribution >= 0.6 is 0 Å². The number of ether oxygens (including phenoxy) is 1. The Morgan fingerprint density at radius 2 is 1.97 bits per heavy atom. The summed E-state index contributed by atoms with van der Waals surface area (Å²) >= 11 is 0. The lowest BCUT2D eigenvalue weighted by Crippen LogP contribution is -2.15. The number of Topliss-reactive ketones (excluding diaryl/α,β-unsaturated/α-hetero) is 1. The Hall–Kier alpha value is -3.25. The molecule has 1 unspecified atom stereocenters. The zero-order valence-corrected chi connectivity index (χ0v) is 18.6. The average Bonchev–Trinajstić information content (AvgIpc) is 3.12. The maximum atomic E-state index is 13.9. The van der Waals surface area contributed by atoms with Crippen molar-refractivity contribution in [3.8, 4) is 11.1 Å². The zero-order valence-electron chi connectivity index (χ0n) is 18.6. The molecule has 0 radical (unpaired) electrons. The van der Waals surface area contributed by atoms with Gasteiger partial charge in [0.2, 0.25) is 0 Å². The summed E-state index contributed by atoms with van der Waals surface area (Å²) < 4.78 is 24.6. The van der Waals surface area contributed by atoms with Crippen LogP contribution in [0.2, 0.25) is 0 Å². The first-order valence-corrected chi connectivity index (χ1v) is 10.5. The van der Waals surface area contributed by atoms with Gasteiger partial charge in [-0.25, -0.2) is 4.39 Å². The molecular weight excluding hydrogens is 411 g/mol. The van der Waals surface area contributed by atoms with Crippen molar-refractivity contribution < 1.29 is 28.2 Å². The lowest BCUT2D eigenvalue weighted by molar-refractivity contribution is -0.143. The van der Waals surface area contributed by atoms with Crippen LogP contribution in [-0.4, -0.2) is 30.1 Å². The van der Waals surface area contributed by atoms with Gasteiger partial charge in [-0.3, -0.25) is 9.59 Å². The normalized spacial score (nSPS) is 12.6. The fraction of sp³-hybridized carbons (Fsp3) is 0.308. The summed E-state index contributed by atoms with van der Waals surface area (Å²) in [5, 5.41) is 11.2. The van der Waals surface area contributed by atoms with Crippen LogP contribution < -0.4 is 0 Å². The topological polar surface area (TPSA) is 76.7 Å². The third-order valence-corrected chi connectivity index (χ3v) is 5.32. The van der Waals surface area contributed by atoms with Gasteiger partial charge >= 0.3 is 5.97 Å². The zero-order chi connectivity index (χ0) is 23.4. The smallest absolute Gasteiger partial charge is 0.313 e. The van der Waals surface area contributed by atoms with Gasteiger partial charge in [0.15, 0.2) is 0 Å². The molecule has 168 valence electrons. The Labute approximate surface area is 186 Å². The van der Waals surface area contributed by atoms with E-state index in [0.29, 0.717) is 11.3 Å². The number of hydrogen-bond donors (Lipinski definition) is 1. The number of aliphatic hydroxyl groups excluding tert-OH is 1. The van der Waals surface area contributed by atoms with Gasteiger partial charge in [-0.05, 0) is 47.7 Å². The molecule has 1 atom stereocenters. The summed E-state index contributed by atoms with van der Waals surface area (Å²) in [6, 6.07) is 10.8. The van der Waals surface area contributed by atoms with E-state index in [1.54, 1.807) is 25.1 Å². The van der Waals surface area contributed by atoms with Gasteiger partial charge in [-0.1, -0.05) is 44.2 Å². The predicted molar refractivity (Wildman–Crippen MR) is 122 cm³/mol. The molecule has 6 heteroatoms. The number of carbonyl (C=O) groups excluding carboxylic acids is 2. The second kappa shape index (κ2) is 9.92. The van der Waals surface area contributed by atoms with Crippen LogP contribution in [0.15, 0.2) is 46.9 Å². The summed E-state index contributed by atoms with van der Waals surface area (Å²) in [4.78, 5) is 23.1. The van der Waals surface area contributed by atoms with Crippen LogP contribution in [0.4, 0.5) is 4.39 Å². The molecule has 3 aromatic rings. The summed E-state index contributed by atoms with van der Waals surface area (Å²) in [6.07, 6.45) is 1.39. The minimum absolute atomic E-state index is 0.214. The summed E-state index contributed by atoms with van der Waals surface area (Å²) in [5.41, 5.74) is 3.86. The van der Waals surface area contributed by atoms with Gasteiger partial charge < -0.3 is 14.3 Å². The van der Waals surface area contributed by atoms with E-state index in [1.807, 2.05) is 18.2 Å². The minimum atomic E-state index is -1.09. The minimum Gasteiger partial charge on any atom is -0.469 e. The number of esters is 1. The van der Waals surface area contributed by atoms with Gasteiger partial charge in [0.1, 0.15) is 29.4 Å². The SMILES string of the molecule is COC(=O)CC(=O)CC(O)C=Cc1oc2c(C(C)C)cccc2c1-c1ccc(F)c(C)c1. The molecule has 0 spiro atoms. The molecule has 0 aliphatic carbocycles. The van der Waals surface area contributed by atoms with E-state index < -0.39 is 17.9 Å². The van der Waals surface area contributed by atoms with Crippen LogP contribution in [0.1, 0.15) is 49.5 Å². The molecule has 0 bridgehead atoms. The quantitative estimate of drug-likeness (QED) is 0.368. The standard InChI is InChI=1S/C26H27FO5/c1-15(2)20-6-5-7-21-25(17-8-10-22(27)16(3)12-17)23(32-26(20)21)11-9-18(28)13-19(29)14-24(30)31-4/h5-12,15,18,28H,13-14H2,1-4H3. The summed E-state index contributed by atoms with van der Waals surface area (Å²) in [7, 11) is 1.21. The third kappa shape index (κ3) is 5.14. The van der Waals surface area contributed by atoms with Crippen LogP contribution in [0, 0.1) is 12.7 Å². The van der Waals surface area contributed by atoms with E-state index in [1.165, 1.54) is 19.3 Å². The van der Waals surface area contributed by atoms with Crippen molar-refractivity contribution in [1.82, 2.24) is 0 Å². The maximum Gasteiger partial charge on any atom is 0.313 e. The largest absolute Gasteiger partial charge is 0.469 e. The average molecular weight is 438 g/mol. The van der Waals surface area contributed by atoms with Crippen LogP contribution in [0.25, 0.3) is 28.2 Å². The number of ketones is 1. The van der Waals surface area contributed by atoms with E-state index in [9.17, 15) is 19.1 Å². The van der Waals surface area contributed by atoms with Crippen molar-refractivity contribution in [2.24, 2.45) is 0 Å². The highest BCUT2D eigenvalue weighted by Crippen LogP contribution is 2.39. The highest BCUT2D eigenvalue weighted by atomic mass is 19.1. The van der Waals surface area contributed by atoms with Gasteiger partial charge in [-0.15, -0.1) is 0 Å². The second-order valence-corrected chi connectivity index (χ2v) is 8.11. The molecule has 1 aromatic heterocycles. The highest BCUT2D eigenvalue weighted by Gasteiger charge is 2.19. The monoisotopic (exact) mass is 438 g/mol. The Bertz CT molecular complexity index is 1170. The van der Waals surface area contributed by atoms with E-state index in [2.05, 4.69) is 18.6 Å². The molecule has 32 heavy (non-hydrogen) atoms. The maximum absolute atomic E-state index is 13.9. The van der Waals surface area contributed by atoms with Gasteiger partial charge in [0.25, 0.3) is 0 Å². The molecule has 0 fully saturated rings. The number of aliphatic hydroxyl groups is 1. The first-order valence-electron chi connectivity index (χ1n) is 10.5. The molecule has 3 rings (SSSR count). The molecular formula is C26H27FO5. The Morgan fingerprint density at radius 1 is 1.22 bits per heavy atom. The Balaban J connectivity index is 2.02. The highest BCUT2D eigenvalue weighted by molar-refractivity contribution is 6.00. The van der Waals surface area contributed by atoms with Gasteiger partial charge in [0, 0.05) is 17.4 Å². The summed E-state index contributed by atoms with van der Waals surface area (Å²) in [6.45, 7) is 5.85. The van der Waals surface area contributed by atoms with Crippen molar-refractivity contribution in [3.05, 3.63) is 65.2 Å². The first-order chi connectivity index (χ1) is 15.2. The molecule has 0 amide bonds. The second-order valence-electron chi connectivity index (χ2n) is 8.11. The predicted octanol–water partition coefficient (Wildman–Crippen LogP) is 5.57. The molecule has 2 aromatic carbocycles. The number of aryl methyl sites for hydroxylation is 1. The molecule has 0 aliphatic rings. The number of rotatable bonds is 8. The van der Waals surface area contributed by atoms with E-state index in [-0.39, 0.29) is 24.6 Å². The molecule has 0 saturated carbocycles. The number of hydrogen-bond acceptors (Lipinski definition) is 5. The van der Waals surface area contributed by atoms with Crippen LogP contribution in [0.3, 0.4) is 0 Å². The van der Waals surface area contributed by atoms with Crippen molar-refractivity contribution >= 4 is 28.8 Å². The van der Waals surface area contributed by atoms with Gasteiger partial charge in [0.05, 0.1) is 13.2 Å². The van der Waals surface area contributed by atoms with Crippen molar-refractivity contribution in [2.75, 3.05) is 7.11 Å².